The van der Waals surface area contributed by atoms with Crippen LogP contribution in [0.2, 0.25) is 5.02 Å². The Kier molecular flexibility index (Phi) is 6.21. The predicted octanol–water partition coefficient (Wildman–Crippen LogP) is 2.44. The molecule has 1 N–H and O–H groups in total. The van der Waals surface area contributed by atoms with Gasteiger partial charge in [-0.25, -0.2) is 4.79 Å². The fourth-order valence-electron chi connectivity index (χ4n) is 2.75. The van der Waals surface area contributed by atoms with Crippen molar-refractivity contribution in [2.45, 2.75) is 26.3 Å². The number of methoxy groups -OCH3 is 1. The Labute approximate surface area is 157 Å². The van der Waals surface area contributed by atoms with Gasteiger partial charge in [0.25, 0.3) is 0 Å². The first-order valence-corrected chi connectivity index (χ1v) is 8.45. The number of carbonyl (C=O) groups is 3. The van der Waals surface area contributed by atoms with Gasteiger partial charge in [-0.3, -0.25) is 9.59 Å². The van der Waals surface area contributed by atoms with Gasteiger partial charge in [0.15, 0.2) is 0 Å². The summed E-state index contributed by atoms with van der Waals surface area (Å²) in [5.41, 5.74) is 2.48. The fraction of sp³-hybridized carbons (Fsp3) is 0.316. The number of aromatic nitrogens is 1. The molecular weight excluding hydrogens is 356 g/mol. The van der Waals surface area contributed by atoms with Crippen molar-refractivity contribution in [1.82, 2.24) is 9.88 Å². The highest BCUT2D eigenvalue weighted by atomic mass is 35.5. The first-order valence-electron chi connectivity index (χ1n) is 8.07. The van der Waals surface area contributed by atoms with Crippen LogP contribution in [0, 0.1) is 6.92 Å². The number of amides is 1. The molecule has 1 aromatic heterocycles. The summed E-state index contributed by atoms with van der Waals surface area (Å²) in [6.45, 7) is 3.37. The van der Waals surface area contributed by atoms with Crippen molar-refractivity contribution < 1.29 is 19.1 Å². The highest BCUT2D eigenvalue weighted by Crippen LogP contribution is 2.20. The average Bonchev–Trinajstić information content (AvgIpc) is 2.87. The van der Waals surface area contributed by atoms with Crippen LogP contribution in [0.3, 0.4) is 0 Å². The Morgan fingerprint density at radius 3 is 2.42 bits per heavy atom. The van der Waals surface area contributed by atoms with Gasteiger partial charge in [0.05, 0.1) is 19.2 Å². The summed E-state index contributed by atoms with van der Waals surface area (Å²) in [6, 6.07) is 7.73. The van der Waals surface area contributed by atoms with E-state index in [-0.39, 0.29) is 18.1 Å². The van der Waals surface area contributed by atoms with Crippen LogP contribution < -0.4 is 5.32 Å². The number of ketones is 1. The second-order valence-electron chi connectivity index (χ2n) is 6.05. The molecule has 1 atom stereocenters. The number of halogens is 1. The lowest BCUT2D eigenvalue weighted by Gasteiger charge is -2.12. The summed E-state index contributed by atoms with van der Waals surface area (Å²) in [5.74, 6) is -0.981. The van der Waals surface area contributed by atoms with Gasteiger partial charge >= 0.3 is 5.97 Å². The van der Waals surface area contributed by atoms with E-state index >= 15 is 0 Å². The van der Waals surface area contributed by atoms with Crippen molar-refractivity contribution >= 4 is 29.3 Å². The number of benzene rings is 1. The zero-order valence-corrected chi connectivity index (χ0v) is 15.9. The van der Waals surface area contributed by atoms with Gasteiger partial charge in [0.1, 0.15) is 6.04 Å². The lowest BCUT2D eigenvalue weighted by molar-refractivity contribution is -0.144. The summed E-state index contributed by atoms with van der Waals surface area (Å²) in [5, 5.41) is 3.13. The SMILES string of the molecule is COC(=O)C(C)NC(=O)Cc1cc(C)c(C(=O)c2ccc(Cl)cc2)n1C. The molecule has 1 aromatic carbocycles. The Morgan fingerprint density at radius 1 is 1.23 bits per heavy atom. The molecule has 2 rings (SSSR count). The normalized spacial score (nSPS) is 11.7. The molecule has 0 bridgehead atoms. The van der Waals surface area contributed by atoms with Crippen LogP contribution in [0.5, 0.6) is 0 Å². The van der Waals surface area contributed by atoms with E-state index in [4.69, 9.17) is 11.6 Å². The van der Waals surface area contributed by atoms with E-state index in [2.05, 4.69) is 10.1 Å². The fourth-order valence-corrected chi connectivity index (χ4v) is 2.88. The highest BCUT2D eigenvalue weighted by Gasteiger charge is 2.21. The summed E-state index contributed by atoms with van der Waals surface area (Å²) < 4.78 is 6.29. The monoisotopic (exact) mass is 376 g/mol. The van der Waals surface area contributed by atoms with Crippen LogP contribution in [0.4, 0.5) is 0 Å². The molecule has 0 aliphatic heterocycles. The summed E-state index contributed by atoms with van der Waals surface area (Å²) in [6.07, 6.45) is 0.0482. The van der Waals surface area contributed by atoms with Gasteiger partial charge in [0.2, 0.25) is 11.7 Å². The van der Waals surface area contributed by atoms with Crippen LogP contribution in [0.25, 0.3) is 0 Å². The minimum Gasteiger partial charge on any atom is -0.467 e. The Hall–Kier alpha value is -2.60. The lowest BCUT2D eigenvalue weighted by Crippen LogP contribution is -2.40. The first-order chi connectivity index (χ1) is 12.2. The second kappa shape index (κ2) is 8.19. The van der Waals surface area contributed by atoms with Crippen molar-refractivity contribution in [2.75, 3.05) is 7.11 Å². The Balaban J connectivity index is 2.19. The number of nitrogens with zero attached hydrogens (tertiary/aromatic N) is 1. The van der Waals surface area contributed by atoms with Gasteiger partial charge in [-0.05, 0) is 49.7 Å². The molecule has 7 heteroatoms. The number of hydrogen-bond donors (Lipinski definition) is 1. The predicted molar refractivity (Wildman–Crippen MR) is 98.4 cm³/mol. The zero-order chi connectivity index (χ0) is 19.4. The molecule has 6 nitrogen and oxygen atoms in total. The standard InChI is InChI=1S/C19H21ClN2O4/c1-11-9-15(10-16(23)21-12(2)19(25)26-4)22(3)17(11)18(24)13-5-7-14(20)8-6-13/h5-9,12H,10H2,1-4H3,(H,21,23). The van der Waals surface area contributed by atoms with Crippen LogP contribution in [-0.4, -0.2) is 35.4 Å². The average molecular weight is 377 g/mol. The quantitative estimate of drug-likeness (QED) is 0.620. The smallest absolute Gasteiger partial charge is 0.328 e. The van der Waals surface area contributed by atoms with Crippen molar-refractivity contribution in [1.29, 1.82) is 0 Å². The van der Waals surface area contributed by atoms with Crippen molar-refractivity contribution in [3.05, 3.63) is 57.9 Å². The maximum atomic E-state index is 12.8. The molecule has 1 unspecified atom stereocenters. The molecular formula is C19H21ClN2O4. The van der Waals surface area contributed by atoms with Crippen molar-refractivity contribution in [3.63, 3.8) is 0 Å². The van der Waals surface area contributed by atoms with E-state index < -0.39 is 12.0 Å². The Bertz CT molecular complexity index is 840. The molecule has 0 radical (unpaired) electrons. The van der Waals surface area contributed by atoms with E-state index in [9.17, 15) is 14.4 Å². The summed E-state index contributed by atoms with van der Waals surface area (Å²) >= 11 is 5.87. The molecule has 0 aliphatic rings. The Morgan fingerprint density at radius 2 is 1.85 bits per heavy atom. The van der Waals surface area contributed by atoms with Crippen LogP contribution in [0.1, 0.15) is 34.2 Å². The first kappa shape index (κ1) is 19.7. The molecule has 0 saturated carbocycles. The van der Waals surface area contributed by atoms with E-state index in [1.165, 1.54) is 7.11 Å². The highest BCUT2D eigenvalue weighted by molar-refractivity contribution is 6.30. The summed E-state index contributed by atoms with van der Waals surface area (Å²) in [7, 11) is 3.00. The maximum absolute atomic E-state index is 12.8. The number of ether oxygens (including phenoxy) is 1. The maximum Gasteiger partial charge on any atom is 0.328 e. The lowest BCUT2D eigenvalue weighted by atomic mass is 10.1. The molecule has 1 amide bonds. The minimum atomic E-state index is -0.732. The number of aryl methyl sites for hydroxylation is 1. The minimum absolute atomic E-state index is 0.0482. The third-order valence-corrected chi connectivity index (χ3v) is 4.37. The molecule has 0 spiro atoms. The molecule has 138 valence electrons. The number of esters is 1. The second-order valence-corrected chi connectivity index (χ2v) is 6.49. The third kappa shape index (κ3) is 4.32. The van der Waals surface area contributed by atoms with Gasteiger partial charge in [0, 0.05) is 23.3 Å². The number of nitrogens with one attached hydrogen (secondary N) is 1. The topological polar surface area (TPSA) is 77.4 Å². The number of carbonyl (C=O) groups excluding carboxylic acids is 3. The number of rotatable bonds is 6. The van der Waals surface area contributed by atoms with Gasteiger partial charge in [-0.1, -0.05) is 11.6 Å². The zero-order valence-electron chi connectivity index (χ0n) is 15.1. The van der Waals surface area contributed by atoms with Crippen molar-refractivity contribution in [2.24, 2.45) is 7.05 Å². The van der Waals surface area contributed by atoms with E-state index in [1.807, 2.05) is 6.92 Å². The molecule has 0 saturated heterocycles. The van der Waals surface area contributed by atoms with Crippen LogP contribution in [-0.2, 0) is 27.8 Å². The van der Waals surface area contributed by atoms with E-state index in [0.717, 1.165) is 5.56 Å². The molecule has 26 heavy (non-hydrogen) atoms. The van der Waals surface area contributed by atoms with Crippen molar-refractivity contribution in [3.8, 4) is 0 Å². The van der Waals surface area contributed by atoms with Crippen LogP contribution in [0.15, 0.2) is 30.3 Å². The van der Waals surface area contributed by atoms with Gasteiger partial charge in [-0.2, -0.15) is 0 Å². The third-order valence-electron chi connectivity index (χ3n) is 4.12. The largest absolute Gasteiger partial charge is 0.467 e. The van der Waals surface area contributed by atoms with Crippen LogP contribution >= 0.6 is 11.6 Å². The molecule has 0 fully saturated rings. The number of hydrogen-bond acceptors (Lipinski definition) is 4. The van der Waals surface area contributed by atoms with E-state index in [1.54, 1.807) is 48.9 Å². The summed E-state index contributed by atoms with van der Waals surface area (Å²) in [4.78, 5) is 36.3. The van der Waals surface area contributed by atoms with E-state index in [0.29, 0.717) is 22.0 Å². The van der Waals surface area contributed by atoms with Gasteiger partial charge < -0.3 is 14.6 Å². The molecule has 0 aliphatic carbocycles. The molecule has 2 aromatic rings. The van der Waals surface area contributed by atoms with Gasteiger partial charge in [-0.15, -0.1) is 0 Å². The molecule has 1 heterocycles.